The molecule has 0 saturated heterocycles. The predicted octanol–water partition coefficient (Wildman–Crippen LogP) is 5.81. The molecule has 1 aliphatic heterocycles. The van der Waals surface area contributed by atoms with E-state index in [9.17, 15) is 14.7 Å². The number of aliphatic carboxylic acids is 1. The number of carboxylic acid groups (broad SMARTS) is 1. The van der Waals surface area contributed by atoms with Crippen LogP contribution in [0.2, 0.25) is 0 Å². The third-order valence-electron chi connectivity index (χ3n) is 5.80. The van der Waals surface area contributed by atoms with Crippen LogP contribution in [0, 0.1) is 19.7 Å². The van der Waals surface area contributed by atoms with Crippen molar-refractivity contribution in [3.05, 3.63) is 76.1 Å². The number of carbonyl (C=O) groups is 2. The number of halogens is 1. The Labute approximate surface area is 184 Å². The van der Waals surface area contributed by atoms with Gasteiger partial charge in [0.1, 0.15) is 5.82 Å². The normalized spacial score (nSPS) is 12.3. The summed E-state index contributed by atoms with van der Waals surface area (Å²) in [5.41, 5.74) is 6.47. The lowest BCUT2D eigenvalue weighted by Gasteiger charge is -2.35. The van der Waals surface area contributed by atoms with E-state index in [0.29, 0.717) is 40.0 Å². The third kappa shape index (κ3) is 3.51. The molecule has 0 bridgehead atoms. The number of rotatable bonds is 5. The van der Waals surface area contributed by atoms with E-state index in [-0.39, 0.29) is 12.2 Å². The van der Waals surface area contributed by atoms with Gasteiger partial charge in [-0.05, 0) is 47.7 Å². The molecule has 3 aromatic carbocycles. The highest BCUT2D eigenvalue weighted by Crippen LogP contribution is 2.50. The first kappa shape index (κ1) is 21.1. The summed E-state index contributed by atoms with van der Waals surface area (Å²) in [5, 5.41) is 9.63. The maximum absolute atomic E-state index is 15.1. The highest BCUT2D eigenvalue weighted by molar-refractivity contribution is 7.99. The molecule has 6 heteroatoms. The lowest BCUT2D eigenvalue weighted by atomic mass is 9.80. The highest BCUT2D eigenvalue weighted by Gasteiger charge is 2.33. The van der Waals surface area contributed by atoms with Crippen LogP contribution in [-0.4, -0.2) is 23.6 Å². The fourth-order valence-electron chi connectivity index (χ4n) is 4.41. The Morgan fingerprint density at radius 2 is 1.84 bits per heavy atom. The topological polar surface area (TPSA) is 57.6 Å². The van der Waals surface area contributed by atoms with E-state index in [1.165, 1.54) is 18.0 Å². The van der Waals surface area contributed by atoms with E-state index < -0.39 is 5.97 Å². The monoisotopic (exact) mass is 435 g/mol. The molecule has 0 radical (unpaired) electrons. The molecule has 1 N–H and O–H groups in total. The zero-order valence-electron chi connectivity index (χ0n) is 17.5. The van der Waals surface area contributed by atoms with Crippen molar-refractivity contribution in [3.63, 3.8) is 0 Å². The maximum Gasteiger partial charge on any atom is 0.307 e. The van der Waals surface area contributed by atoms with Gasteiger partial charge in [0, 0.05) is 22.9 Å². The SMILES string of the molecule is CSN1Cc2cccc(F)c2-c2c(C=O)c(-c3ccc(C)cc3)c(CC(=O)O)c(C)c21. The lowest BCUT2D eigenvalue weighted by Crippen LogP contribution is -2.23. The summed E-state index contributed by atoms with van der Waals surface area (Å²) in [6.07, 6.45) is 2.42. The van der Waals surface area contributed by atoms with Crippen LogP contribution in [0.3, 0.4) is 0 Å². The number of aldehydes is 1. The zero-order valence-corrected chi connectivity index (χ0v) is 18.3. The number of nitrogens with zero attached hydrogens (tertiary/aromatic N) is 1. The Morgan fingerprint density at radius 3 is 2.45 bits per heavy atom. The zero-order chi connectivity index (χ0) is 22.3. The molecule has 4 rings (SSSR count). The molecule has 0 fully saturated rings. The van der Waals surface area contributed by atoms with Gasteiger partial charge in [-0.1, -0.05) is 53.9 Å². The van der Waals surface area contributed by atoms with Gasteiger partial charge in [-0.2, -0.15) is 0 Å². The second-order valence-electron chi connectivity index (χ2n) is 7.66. The predicted molar refractivity (Wildman–Crippen MR) is 123 cm³/mol. The minimum atomic E-state index is -0.980. The van der Waals surface area contributed by atoms with Crippen LogP contribution in [0.5, 0.6) is 0 Å². The quantitative estimate of drug-likeness (QED) is 0.405. The number of benzene rings is 3. The summed E-state index contributed by atoms with van der Waals surface area (Å²) in [4.78, 5) is 24.3. The molecule has 158 valence electrons. The smallest absolute Gasteiger partial charge is 0.307 e. The van der Waals surface area contributed by atoms with Gasteiger partial charge in [-0.15, -0.1) is 0 Å². The molecule has 1 aliphatic rings. The fraction of sp³-hybridized carbons (Fsp3) is 0.200. The van der Waals surface area contributed by atoms with Gasteiger partial charge in [0.15, 0.2) is 6.29 Å². The molecule has 0 unspecified atom stereocenters. The Morgan fingerprint density at radius 1 is 1.13 bits per heavy atom. The molecule has 0 aromatic heterocycles. The molecule has 3 aromatic rings. The van der Waals surface area contributed by atoms with E-state index >= 15 is 4.39 Å². The van der Waals surface area contributed by atoms with E-state index in [2.05, 4.69) is 0 Å². The van der Waals surface area contributed by atoms with E-state index in [1.54, 1.807) is 6.07 Å². The van der Waals surface area contributed by atoms with E-state index in [1.807, 2.05) is 54.7 Å². The Hall–Kier alpha value is -3.12. The third-order valence-corrected chi connectivity index (χ3v) is 6.56. The van der Waals surface area contributed by atoms with Crippen LogP contribution < -0.4 is 4.31 Å². The summed E-state index contributed by atoms with van der Waals surface area (Å²) in [6.45, 7) is 4.29. The average Bonchev–Trinajstić information content (AvgIpc) is 2.75. The lowest BCUT2D eigenvalue weighted by molar-refractivity contribution is -0.136. The molecule has 0 aliphatic carbocycles. The van der Waals surface area contributed by atoms with Gasteiger partial charge in [-0.25, -0.2) is 4.39 Å². The van der Waals surface area contributed by atoms with Crippen LogP contribution in [0.4, 0.5) is 10.1 Å². The largest absolute Gasteiger partial charge is 0.481 e. The summed E-state index contributed by atoms with van der Waals surface area (Å²) in [5.74, 6) is -1.37. The van der Waals surface area contributed by atoms with Gasteiger partial charge in [0.05, 0.1) is 18.7 Å². The summed E-state index contributed by atoms with van der Waals surface area (Å²) in [6, 6.07) is 12.5. The van der Waals surface area contributed by atoms with Crippen LogP contribution in [0.25, 0.3) is 22.3 Å². The van der Waals surface area contributed by atoms with Crippen molar-refractivity contribution in [1.82, 2.24) is 0 Å². The van der Waals surface area contributed by atoms with E-state index in [4.69, 9.17) is 0 Å². The van der Waals surface area contributed by atoms with Crippen LogP contribution >= 0.6 is 11.9 Å². The number of carboxylic acids is 1. The van der Waals surface area contributed by atoms with Gasteiger partial charge < -0.3 is 9.41 Å². The number of fused-ring (bicyclic) bond motifs is 3. The van der Waals surface area contributed by atoms with Gasteiger partial charge in [-0.3, -0.25) is 9.59 Å². The fourth-order valence-corrected chi connectivity index (χ4v) is 5.09. The van der Waals surface area contributed by atoms with Crippen molar-refractivity contribution in [2.45, 2.75) is 26.8 Å². The molecule has 0 amide bonds. The van der Waals surface area contributed by atoms with Crippen LogP contribution in [0.15, 0.2) is 42.5 Å². The first-order valence-electron chi connectivity index (χ1n) is 9.90. The van der Waals surface area contributed by atoms with Crippen molar-refractivity contribution in [1.29, 1.82) is 0 Å². The minimum absolute atomic E-state index is 0.227. The number of anilines is 1. The molecular weight excluding hydrogens is 413 g/mol. The van der Waals surface area contributed by atoms with Crippen molar-refractivity contribution in [2.24, 2.45) is 0 Å². The standard InChI is InChI=1S/C25H22FNO3S/c1-14-7-9-16(10-8-14)22-18(11-21(29)30)15(2)25-24(19(22)13-28)23-17(12-27(25)31-3)5-4-6-20(23)26/h4-10,13H,11-12H2,1-3H3,(H,29,30). The number of hydrogen-bond donors (Lipinski definition) is 1. The van der Waals surface area contributed by atoms with E-state index in [0.717, 1.165) is 28.5 Å². The summed E-state index contributed by atoms with van der Waals surface area (Å²) < 4.78 is 17.1. The van der Waals surface area contributed by atoms with Gasteiger partial charge in [0.25, 0.3) is 0 Å². The van der Waals surface area contributed by atoms with Crippen molar-refractivity contribution in [2.75, 3.05) is 10.6 Å². The highest BCUT2D eigenvalue weighted by atomic mass is 32.2. The van der Waals surface area contributed by atoms with Gasteiger partial charge >= 0.3 is 5.97 Å². The van der Waals surface area contributed by atoms with Crippen LogP contribution in [0.1, 0.15) is 32.6 Å². The summed E-state index contributed by atoms with van der Waals surface area (Å²) in [7, 11) is 0. The van der Waals surface area contributed by atoms with Crippen molar-refractivity contribution in [3.8, 4) is 22.3 Å². The number of carbonyl (C=O) groups excluding carboxylic acids is 1. The second kappa shape index (κ2) is 8.19. The molecule has 1 heterocycles. The maximum atomic E-state index is 15.1. The Kier molecular flexibility index (Phi) is 5.58. The first-order chi connectivity index (χ1) is 14.9. The number of hydrogen-bond acceptors (Lipinski definition) is 4. The average molecular weight is 436 g/mol. The molecule has 0 saturated carbocycles. The second-order valence-corrected chi connectivity index (χ2v) is 8.47. The minimum Gasteiger partial charge on any atom is -0.481 e. The number of aryl methyl sites for hydroxylation is 1. The van der Waals surface area contributed by atoms with Crippen molar-refractivity contribution >= 4 is 29.9 Å². The summed E-state index contributed by atoms with van der Waals surface area (Å²) >= 11 is 1.47. The molecule has 0 spiro atoms. The molecular formula is C25H22FNO3S. The van der Waals surface area contributed by atoms with Crippen molar-refractivity contribution < 1.29 is 19.1 Å². The molecule has 4 nitrogen and oxygen atoms in total. The Bertz CT molecular complexity index is 1200. The van der Waals surface area contributed by atoms with Gasteiger partial charge in [0.2, 0.25) is 0 Å². The Balaban J connectivity index is 2.19. The molecule has 31 heavy (non-hydrogen) atoms. The van der Waals surface area contributed by atoms with Crippen LogP contribution in [-0.2, 0) is 17.8 Å². The molecule has 0 atom stereocenters. The first-order valence-corrected chi connectivity index (χ1v) is 11.1.